The lowest BCUT2D eigenvalue weighted by Gasteiger charge is -2.29. The van der Waals surface area contributed by atoms with Gasteiger partial charge in [-0.05, 0) is 24.0 Å². The zero-order valence-electron chi connectivity index (χ0n) is 15.6. The summed E-state index contributed by atoms with van der Waals surface area (Å²) in [6, 6.07) is 15.8. The molecule has 0 aromatic heterocycles. The van der Waals surface area contributed by atoms with Crippen molar-refractivity contribution in [3.8, 4) is 11.1 Å². The van der Waals surface area contributed by atoms with Gasteiger partial charge in [0.05, 0.1) is 16.4 Å². The topological polar surface area (TPSA) is 71.5 Å². The van der Waals surface area contributed by atoms with Gasteiger partial charge in [-0.2, -0.15) is 4.31 Å². The molecule has 146 valence electrons. The molecule has 0 unspecified atom stereocenters. The standard InChI is InChI=1S/C20H25NO4S2/c1-16(2)14-21(18-12-13-26(22,23)15-18)27(24,25)20-11-7-6-10-19(20)17-8-4-3-5-9-17/h3-11,16,18H,12-15H2,1-2H3/t18-/m0/s1. The summed E-state index contributed by atoms with van der Waals surface area (Å²) >= 11 is 0. The third kappa shape index (κ3) is 4.42. The highest BCUT2D eigenvalue weighted by Gasteiger charge is 2.39. The van der Waals surface area contributed by atoms with Crippen LogP contribution >= 0.6 is 0 Å². The highest BCUT2D eigenvalue weighted by molar-refractivity contribution is 7.92. The molecule has 3 rings (SSSR count). The number of hydrogen-bond acceptors (Lipinski definition) is 4. The first-order chi connectivity index (χ1) is 12.7. The van der Waals surface area contributed by atoms with Crippen LogP contribution in [0, 0.1) is 5.92 Å². The SMILES string of the molecule is CC(C)CN([C@H]1CCS(=O)(=O)C1)S(=O)(=O)c1ccccc1-c1ccccc1. The Morgan fingerprint density at radius 2 is 1.67 bits per heavy atom. The smallest absolute Gasteiger partial charge is 0.229 e. The Morgan fingerprint density at radius 1 is 1.04 bits per heavy atom. The van der Waals surface area contributed by atoms with Gasteiger partial charge in [0, 0.05) is 18.2 Å². The molecule has 0 amide bonds. The first kappa shape index (κ1) is 20.0. The number of benzene rings is 2. The maximum atomic E-state index is 13.6. The van der Waals surface area contributed by atoms with Crippen molar-refractivity contribution < 1.29 is 16.8 Å². The molecular formula is C20H25NO4S2. The van der Waals surface area contributed by atoms with E-state index in [1.807, 2.05) is 50.2 Å². The van der Waals surface area contributed by atoms with Gasteiger partial charge in [-0.25, -0.2) is 16.8 Å². The van der Waals surface area contributed by atoms with Gasteiger partial charge in [-0.3, -0.25) is 0 Å². The lowest BCUT2D eigenvalue weighted by molar-refractivity contribution is 0.308. The molecule has 0 aliphatic carbocycles. The number of nitrogens with zero attached hydrogens (tertiary/aromatic N) is 1. The van der Waals surface area contributed by atoms with Crippen molar-refractivity contribution in [3.63, 3.8) is 0 Å². The van der Waals surface area contributed by atoms with E-state index in [2.05, 4.69) is 0 Å². The van der Waals surface area contributed by atoms with Gasteiger partial charge in [0.25, 0.3) is 0 Å². The van der Waals surface area contributed by atoms with Gasteiger partial charge in [-0.1, -0.05) is 62.4 Å². The molecule has 2 aromatic carbocycles. The van der Waals surface area contributed by atoms with Crippen molar-refractivity contribution in [1.82, 2.24) is 4.31 Å². The van der Waals surface area contributed by atoms with Crippen LogP contribution in [0.1, 0.15) is 20.3 Å². The van der Waals surface area contributed by atoms with Gasteiger partial charge in [0.1, 0.15) is 0 Å². The van der Waals surface area contributed by atoms with Gasteiger partial charge in [0.2, 0.25) is 10.0 Å². The largest absolute Gasteiger partial charge is 0.243 e. The summed E-state index contributed by atoms with van der Waals surface area (Å²) in [7, 11) is -7.03. The van der Waals surface area contributed by atoms with Gasteiger partial charge in [-0.15, -0.1) is 0 Å². The highest BCUT2D eigenvalue weighted by Crippen LogP contribution is 2.32. The van der Waals surface area contributed by atoms with Crippen LogP contribution in [0.15, 0.2) is 59.5 Å². The van der Waals surface area contributed by atoms with Crippen LogP contribution in [0.2, 0.25) is 0 Å². The molecule has 0 spiro atoms. The third-order valence-electron chi connectivity index (χ3n) is 4.72. The van der Waals surface area contributed by atoms with Crippen LogP contribution in [-0.4, -0.2) is 45.2 Å². The monoisotopic (exact) mass is 407 g/mol. The van der Waals surface area contributed by atoms with Crippen LogP contribution in [0.5, 0.6) is 0 Å². The van der Waals surface area contributed by atoms with Gasteiger partial charge < -0.3 is 0 Å². The molecule has 0 bridgehead atoms. The first-order valence-electron chi connectivity index (χ1n) is 9.07. The minimum absolute atomic E-state index is 0.0438. The molecule has 0 N–H and O–H groups in total. The summed E-state index contributed by atoms with van der Waals surface area (Å²) in [5.41, 5.74) is 1.45. The maximum Gasteiger partial charge on any atom is 0.243 e. The van der Waals surface area contributed by atoms with E-state index in [0.29, 0.717) is 18.5 Å². The molecule has 2 aromatic rings. The lowest BCUT2D eigenvalue weighted by Crippen LogP contribution is -2.43. The molecule has 7 heteroatoms. The second kappa shape index (κ2) is 7.73. The van der Waals surface area contributed by atoms with Crippen LogP contribution < -0.4 is 0 Å². The van der Waals surface area contributed by atoms with Gasteiger partial charge in [0.15, 0.2) is 9.84 Å². The predicted octanol–water partition coefficient (Wildman–Crippen LogP) is 3.19. The fourth-order valence-electron chi connectivity index (χ4n) is 3.48. The number of sulfone groups is 1. The fraction of sp³-hybridized carbons (Fsp3) is 0.400. The summed E-state index contributed by atoms with van der Waals surface area (Å²) in [4.78, 5) is 0.223. The Bertz CT molecular complexity index is 999. The van der Waals surface area contributed by atoms with E-state index in [1.165, 1.54) is 4.31 Å². The van der Waals surface area contributed by atoms with E-state index in [0.717, 1.165) is 5.56 Å². The van der Waals surface area contributed by atoms with E-state index < -0.39 is 25.9 Å². The number of sulfonamides is 1. The van der Waals surface area contributed by atoms with Crippen molar-refractivity contribution in [2.75, 3.05) is 18.1 Å². The second-order valence-corrected chi connectivity index (χ2v) is 11.5. The molecule has 0 radical (unpaired) electrons. The normalized spacial score (nSPS) is 19.6. The second-order valence-electron chi connectivity index (χ2n) is 7.39. The Kier molecular flexibility index (Phi) is 5.74. The molecule has 1 saturated heterocycles. The summed E-state index contributed by atoms with van der Waals surface area (Å²) in [6.07, 6.45) is 0.349. The number of rotatable bonds is 6. The fourth-order valence-corrected chi connectivity index (χ4v) is 7.34. The molecule has 1 heterocycles. The van der Waals surface area contributed by atoms with E-state index in [4.69, 9.17) is 0 Å². The molecule has 1 aliphatic heterocycles. The minimum Gasteiger partial charge on any atom is -0.229 e. The van der Waals surface area contributed by atoms with Crippen molar-refractivity contribution in [2.24, 2.45) is 5.92 Å². The van der Waals surface area contributed by atoms with Crippen LogP contribution in [0.4, 0.5) is 0 Å². The van der Waals surface area contributed by atoms with E-state index in [9.17, 15) is 16.8 Å². The molecular weight excluding hydrogens is 382 g/mol. The predicted molar refractivity (Wildman–Crippen MR) is 108 cm³/mol. The maximum absolute atomic E-state index is 13.6. The molecule has 1 aliphatic rings. The van der Waals surface area contributed by atoms with E-state index >= 15 is 0 Å². The quantitative estimate of drug-likeness (QED) is 0.737. The van der Waals surface area contributed by atoms with Crippen LogP contribution in [0.3, 0.4) is 0 Å². The summed E-state index contributed by atoms with van der Waals surface area (Å²) < 4.78 is 52.5. The summed E-state index contributed by atoms with van der Waals surface area (Å²) in [5.74, 6) is 0.0288. The molecule has 1 fully saturated rings. The summed E-state index contributed by atoms with van der Waals surface area (Å²) in [5, 5.41) is 0. The van der Waals surface area contributed by atoms with Gasteiger partial charge >= 0.3 is 0 Å². The Balaban J connectivity index is 2.08. The third-order valence-corrected chi connectivity index (χ3v) is 8.45. The molecule has 27 heavy (non-hydrogen) atoms. The van der Waals surface area contributed by atoms with E-state index in [-0.39, 0.29) is 22.3 Å². The molecule has 5 nitrogen and oxygen atoms in total. The van der Waals surface area contributed by atoms with Crippen LogP contribution in [0.25, 0.3) is 11.1 Å². The average molecular weight is 408 g/mol. The summed E-state index contributed by atoms with van der Waals surface area (Å²) in [6.45, 7) is 4.18. The highest BCUT2D eigenvalue weighted by atomic mass is 32.2. The first-order valence-corrected chi connectivity index (χ1v) is 12.3. The minimum atomic E-state index is -3.84. The molecule has 1 atom stereocenters. The van der Waals surface area contributed by atoms with Crippen molar-refractivity contribution in [1.29, 1.82) is 0 Å². The molecule has 0 saturated carbocycles. The van der Waals surface area contributed by atoms with E-state index in [1.54, 1.807) is 18.2 Å². The van der Waals surface area contributed by atoms with Crippen molar-refractivity contribution in [3.05, 3.63) is 54.6 Å². The van der Waals surface area contributed by atoms with Crippen molar-refractivity contribution in [2.45, 2.75) is 31.2 Å². The Labute approximate surface area is 162 Å². The lowest BCUT2D eigenvalue weighted by atomic mass is 10.1. The Hall–Kier alpha value is -1.70. The zero-order valence-corrected chi connectivity index (χ0v) is 17.2. The Morgan fingerprint density at radius 3 is 2.26 bits per heavy atom. The van der Waals surface area contributed by atoms with Crippen molar-refractivity contribution >= 4 is 19.9 Å². The number of hydrogen-bond donors (Lipinski definition) is 0. The van der Waals surface area contributed by atoms with Crippen LogP contribution in [-0.2, 0) is 19.9 Å². The average Bonchev–Trinajstić information content (AvgIpc) is 2.99. The zero-order chi connectivity index (χ0) is 19.7.